The minimum absolute atomic E-state index is 0.720. The van der Waals surface area contributed by atoms with Gasteiger partial charge < -0.3 is 5.32 Å². The van der Waals surface area contributed by atoms with E-state index in [1.165, 1.54) is 0 Å². The second-order valence-electron chi connectivity index (χ2n) is 3.83. The molecule has 0 aliphatic rings. The van der Waals surface area contributed by atoms with Gasteiger partial charge in [-0.3, -0.25) is 0 Å². The van der Waals surface area contributed by atoms with Crippen LogP contribution in [0.4, 0.5) is 5.82 Å². The molecule has 94 valence electrons. The highest BCUT2D eigenvalue weighted by Crippen LogP contribution is 2.24. The molecular formula is C13H13Br2N3. The molecule has 1 N–H and O–H groups in total. The van der Waals surface area contributed by atoms with Crippen LogP contribution in [-0.2, 0) is 0 Å². The standard InChI is InChI=1S/C13H13Br2N3/c1-2-6-16-13-11(15)8-17-12(18-13)9-4-3-5-10(14)7-9/h3-5,7-8H,2,6H2,1H3,(H,16,17,18). The minimum Gasteiger partial charge on any atom is -0.369 e. The Bertz CT molecular complexity index is 544. The maximum Gasteiger partial charge on any atom is 0.161 e. The maximum absolute atomic E-state index is 4.53. The molecule has 0 saturated heterocycles. The molecule has 2 aromatic rings. The fourth-order valence-electron chi connectivity index (χ4n) is 1.50. The van der Waals surface area contributed by atoms with Crippen molar-refractivity contribution in [2.45, 2.75) is 13.3 Å². The molecule has 0 saturated carbocycles. The first-order chi connectivity index (χ1) is 8.70. The average Bonchev–Trinajstić information content (AvgIpc) is 2.38. The minimum atomic E-state index is 0.720. The summed E-state index contributed by atoms with van der Waals surface area (Å²) < 4.78 is 1.91. The van der Waals surface area contributed by atoms with Crippen LogP contribution in [0, 0.1) is 0 Å². The first kappa shape index (κ1) is 13.5. The van der Waals surface area contributed by atoms with E-state index in [4.69, 9.17) is 0 Å². The van der Waals surface area contributed by atoms with Crippen LogP contribution < -0.4 is 5.32 Å². The number of halogens is 2. The van der Waals surface area contributed by atoms with E-state index >= 15 is 0 Å². The van der Waals surface area contributed by atoms with Crippen molar-refractivity contribution in [1.29, 1.82) is 0 Å². The van der Waals surface area contributed by atoms with Gasteiger partial charge in [-0.2, -0.15) is 0 Å². The zero-order chi connectivity index (χ0) is 13.0. The Labute approximate surface area is 123 Å². The van der Waals surface area contributed by atoms with Crippen molar-refractivity contribution in [3.05, 3.63) is 39.4 Å². The summed E-state index contributed by atoms with van der Waals surface area (Å²) in [5, 5.41) is 3.28. The van der Waals surface area contributed by atoms with E-state index in [0.29, 0.717) is 0 Å². The van der Waals surface area contributed by atoms with Crippen molar-refractivity contribution in [1.82, 2.24) is 9.97 Å². The Morgan fingerprint density at radius 3 is 2.83 bits per heavy atom. The fraction of sp³-hybridized carbons (Fsp3) is 0.231. The summed E-state index contributed by atoms with van der Waals surface area (Å²) in [6.45, 7) is 3.02. The third-order valence-electron chi connectivity index (χ3n) is 2.37. The van der Waals surface area contributed by atoms with Crippen LogP contribution in [0.5, 0.6) is 0 Å². The summed E-state index contributed by atoms with van der Waals surface area (Å²) >= 11 is 6.90. The largest absolute Gasteiger partial charge is 0.369 e. The number of benzene rings is 1. The Morgan fingerprint density at radius 2 is 2.11 bits per heavy atom. The van der Waals surface area contributed by atoms with Gasteiger partial charge in [0.2, 0.25) is 0 Å². The first-order valence-corrected chi connectivity index (χ1v) is 7.31. The van der Waals surface area contributed by atoms with Crippen molar-refractivity contribution >= 4 is 37.7 Å². The van der Waals surface area contributed by atoms with Gasteiger partial charge in [-0.25, -0.2) is 9.97 Å². The van der Waals surface area contributed by atoms with E-state index < -0.39 is 0 Å². The van der Waals surface area contributed by atoms with E-state index in [0.717, 1.165) is 39.1 Å². The summed E-state index contributed by atoms with van der Waals surface area (Å²) in [7, 11) is 0. The Balaban J connectivity index is 2.34. The van der Waals surface area contributed by atoms with Crippen molar-refractivity contribution < 1.29 is 0 Å². The molecule has 5 heteroatoms. The molecule has 0 amide bonds. The molecule has 1 aromatic carbocycles. The average molecular weight is 371 g/mol. The molecular weight excluding hydrogens is 358 g/mol. The van der Waals surface area contributed by atoms with Crippen molar-refractivity contribution in [2.75, 3.05) is 11.9 Å². The summed E-state index contributed by atoms with van der Waals surface area (Å²) in [6, 6.07) is 7.97. The quantitative estimate of drug-likeness (QED) is 0.861. The molecule has 3 nitrogen and oxygen atoms in total. The lowest BCUT2D eigenvalue weighted by molar-refractivity contribution is 0.963. The van der Waals surface area contributed by atoms with Gasteiger partial charge in [0.25, 0.3) is 0 Å². The van der Waals surface area contributed by atoms with Crippen LogP contribution in [0.2, 0.25) is 0 Å². The summed E-state index contributed by atoms with van der Waals surface area (Å²) in [5.74, 6) is 1.56. The lowest BCUT2D eigenvalue weighted by atomic mass is 10.2. The number of rotatable bonds is 4. The molecule has 0 fully saturated rings. The van der Waals surface area contributed by atoms with Gasteiger partial charge in [0.1, 0.15) is 5.82 Å². The van der Waals surface area contributed by atoms with E-state index in [1.807, 2.05) is 24.3 Å². The van der Waals surface area contributed by atoms with Crippen LogP contribution >= 0.6 is 31.9 Å². The van der Waals surface area contributed by atoms with E-state index in [9.17, 15) is 0 Å². The van der Waals surface area contributed by atoms with E-state index in [1.54, 1.807) is 6.20 Å². The summed E-state index contributed by atoms with van der Waals surface area (Å²) in [5.41, 5.74) is 0.997. The number of hydrogen-bond acceptors (Lipinski definition) is 3. The predicted molar refractivity (Wildman–Crippen MR) is 81.6 cm³/mol. The number of nitrogens with zero attached hydrogens (tertiary/aromatic N) is 2. The van der Waals surface area contributed by atoms with Crippen LogP contribution in [0.3, 0.4) is 0 Å². The topological polar surface area (TPSA) is 37.8 Å². The highest BCUT2D eigenvalue weighted by Gasteiger charge is 2.06. The van der Waals surface area contributed by atoms with Crippen LogP contribution in [-0.4, -0.2) is 16.5 Å². The summed E-state index contributed by atoms with van der Waals surface area (Å²) in [6.07, 6.45) is 2.84. The monoisotopic (exact) mass is 369 g/mol. The molecule has 0 bridgehead atoms. The highest BCUT2D eigenvalue weighted by molar-refractivity contribution is 9.10. The third-order valence-corrected chi connectivity index (χ3v) is 3.44. The Hall–Kier alpha value is -0.940. The normalized spacial score (nSPS) is 10.4. The Kier molecular flexibility index (Phi) is 4.72. The Morgan fingerprint density at radius 1 is 1.28 bits per heavy atom. The van der Waals surface area contributed by atoms with Gasteiger partial charge in [0.05, 0.1) is 4.47 Å². The van der Waals surface area contributed by atoms with Crippen molar-refractivity contribution in [2.24, 2.45) is 0 Å². The summed E-state index contributed by atoms with van der Waals surface area (Å²) in [4.78, 5) is 8.87. The van der Waals surface area contributed by atoms with Gasteiger partial charge >= 0.3 is 0 Å². The first-order valence-electron chi connectivity index (χ1n) is 5.73. The molecule has 0 aliphatic carbocycles. The molecule has 0 spiro atoms. The molecule has 0 aliphatic heterocycles. The van der Waals surface area contributed by atoms with Crippen LogP contribution in [0.25, 0.3) is 11.4 Å². The lowest BCUT2D eigenvalue weighted by Crippen LogP contribution is -2.04. The van der Waals surface area contributed by atoms with Crippen LogP contribution in [0.15, 0.2) is 39.4 Å². The molecule has 0 atom stereocenters. The van der Waals surface area contributed by atoms with Gasteiger partial charge in [-0.05, 0) is 34.5 Å². The number of nitrogens with one attached hydrogen (secondary N) is 1. The zero-order valence-electron chi connectivity index (χ0n) is 9.95. The molecule has 0 radical (unpaired) electrons. The number of anilines is 1. The number of aromatic nitrogens is 2. The van der Waals surface area contributed by atoms with E-state index in [2.05, 4.69) is 54.1 Å². The van der Waals surface area contributed by atoms with E-state index in [-0.39, 0.29) is 0 Å². The second kappa shape index (κ2) is 6.29. The van der Waals surface area contributed by atoms with Gasteiger partial charge in [0.15, 0.2) is 5.82 Å². The second-order valence-corrected chi connectivity index (χ2v) is 5.60. The lowest BCUT2D eigenvalue weighted by Gasteiger charge is -2.08. The maximum atomic E-state index is 4.53. The zero-order valence-corrected chi connectivity index (χ0v) is 13.1. The molecule has 0 unspecified atom stereocenters. The molecule has 2 rings (SSSR count). The molecule has 1 heterocycles. The molecule has 18 heavy (non-hydrogen) atoms. The molecule has 1 aromatic heterocycles. The smallest absolute Gasteiger partial charge is 0.161 e. The van der Waals surface area contributed by atoms with Gasteiger partial charge in [0, 0.05) is 22.8 Å². The fourth-order valence-corrected chi connectivity index (χ4v) is 2.23. The number of hydrogen-bond donors (Lipinski definition) is 1. The predicted octanol–water partition coefficient (Wildman–Crippen LogP) is 4.49. The third kappa shape index (κ3) is 3.29. The van der Waals surface area contributed by atoms with Crippen LogP contribution in [0.1, 0.15) is 13.3 Å². The van der Waals surface area contributed by atoms with Crippen molar-refractivity contribution in [3.63, 3.8) is 0 Å². The highest BCUT2D eigenvalue weighted by atomic mass is 79.9. The SMILES string of the molecule is CCCNc1nc(-c2cccc(Br)c2)ncc1Br. The van der Waals surface area contributed by atoms with Gasteiger partial charge in [-0.15, -0.1) is 0 Å². The van der Waals surface area contributed by atoms with Crippen molar-refractivity contribution in [3.8, 4) is 11.4 Å². The van der Waals surface area contributed by atoms with Gasteiger partial charge in [-0.1, -0.05) is 35.0 Å².